The fourth-order valence-electron chi connectivity index (χ4n) is 2.38. The third-order valence-electron chi connectivity index (χ3n) is 3.81. The van der Waals surface area contributed by atoms with Gasteiger partial charge >= 0.3 is 5.97 Å². The van der Waals surface area contributed by atoms with Crippen molar-refractivity contribution in [3.63, 3.8) is 0 Å². The second-order valence-electron chi connectivity index (χ2n) is 5.89. The molecule has 0 aliphatic rings. The van der Waals surface area contributed by atoms with Gasteiger partial charge in [-0.1, -0.05) is 24.3 Å². The highest BCUT2D eigenvalue weighted by molar-refractivity contribution is 5.94. The van der Waals surface area contributed by atoms with E-state index in [-0.39, 0.29) is 17.3 Å². The molecule has 26 heavy (non-hydrogen) atoms. The number of nitrogens with one attached hydrogen (secondary N) is 1. The first-order valence-electron chi connectivity index (χ1n) is 8.24. The third kappa shape index (κ3) is 5.44. The minimum absolute atomic E-state index is 0.0730. The normalized spacial score (nSPS) is 11.5. The molecule has 0 saturated heterocycles. The smallest absolute Gasteiger partial charge is 0.335 e. The van der Waals surface area contributed by atoms with Crippen LogP contribution in [-0.4, -0.2) is 35.4 Å². The zero-order valence-corrected chi connectivity index (χ0v) is 14.7. The van der Waals surface area contributed by atoms with Crippen molar-refractivity contribution in [3.05, 3.63) is 65.2 Å². The molecule has 6 heteroatoms. The van der Waals surface area contributed by atoms with E-state index in [4.69, 9.17) is 9.84 Å². The summed E-state index contributed by atoms with van der Waals surface area (Å²) in [7, 11) is 0. The Bertz CT molecular complexity index is 815. The summed E-state index contributed by atoms with van der Waals surface area (Å²) in [5, 5.41) is 11.7. The van der Waals surface area contributed by atoms with Crippen molar-refractivity contribution >= 4 is 17.7 Å². The molecule has 2 N–H and O–H groups in total. The van der Waals surface area contributed by atoms with E-state index in [0.717, 1.165) is 5.56 Å². The number of Topliss-reactive ketones (excluding diaryl/α,β-unsaturated/α-hetero) is 1. The van der Waals surface area contributed by atoms with E-state index in [1.54, 1.807) is 43.3 Å². The topological polar surface area (TPSA) is 92.7 Å². The number of aromatic carboxylic acids is 1. The Balaban J connectivity index is 1.85. The second-order valence-corrected chi connectivity index (χ2v) is 5.89. The van der Waals surface area contributed by atoms with Crippen LogP contribution in [0.5, 0.6) is 5.75 Å². The van der Waals surface area contributed by atoms with Crippen LogP contribution < -0.4 is 10.1 Å². The zero-order chi connectivity index (χ0) is 19.1. The van der Waals surface area contributed by atoms with E-state index in [1.807, 2.05) is 6.07 Å². The van der Waals surface area contributed by atoms with Crippen LogP contribution in [0, 0.1) is 0 Å². The predicted octanol–water partition coefficient (Wildman–Crippen LogP) is 2.71. The monoisotopic (exact) mass is 355 g/mol. The standard InChI is InChI=1S/C20H21NO5/c1-13(22)16-6-4-8-18(12-16)26-14(2)19(23)21-10-9-15-5-3-7-17(11-15)20(24)25/h3-8,11-12,14H,9-10H2,1-2H3,(H,21,23)(H,24,25). The fourth-order valence-corrected chi connectivity index (χ4v) is 2.38. The summed E-state index contributed by atoms with van der Waals surface area (Å²) >= 11 is 0. The van der Waals surface area contributed by atoms with E-state index < -0.39 is 12.1 Å². The van der Waals surface area contributed by atoms with Crippen LogP contribution in [0.3, 0.4) is 0 Å². The summed E-state index contributed by atoms with van der Waals surface area (Å²) < 4.78 is 5.58. The molecule has 0 heterocycles. The Morgan fingerprint density at radius 3 is 2.46 bits per heavy atom. The van der Waals surface area contributed by atoms with Crippen LogP contribution in [0.4, 0.5) is 0 Å². The number of hydrogen-bond acceptors (Lipinski definition) is 4. The highest BCUT2D eigenvalue weighted by atomic mass is 16.5. The van der Waals surface area contributed by atoms with Crippen LogP contribution in [0.15, 0.2) is 48.5 Å². The quantitative estimate of drug-likeness (QED) is 0.710. The minimum Gasteiger partial charge on any atom is -0.481 e. The van der Waals surface area contributed by atoms with E-state index >= 15 is 0 Å². The SMILES string of the molecule is CC(=O)c1cccc(OC(C)C(=O)NCCc2cccc(C(=O)O)c2)c1. The van der Waals surface area contributed by atoms with Crippen LogP contribution in [0.2, 0.25) is 0 Å². The van der Waals surface area contributed by atoms with Gasteiger partial charge in [-0.3, -0.25) is 9.59 Å². The summed E-state index contributed by atoms with van der Waals surface area (Å²) in [4.78, 5) is 34.5. The summed E-state index contributed by atoms with van der Waals surface area (Å²) in [6.07, 6.45) is -0.207. The molecule has 0 radical (unpaired) electrons. The number of carbonyl (C=O) groups excluding carboxylic acids is 2. The molecule has 0 aromatic heterocycles. The van der Waals surface area contributed by atoms with Crippen molar-refractivity contribution in [3.8, 4) is 5.75 Å². The van der Waals surface area contributed by atoms with Crippen molar-refractivity contribution in [1.82, 2.24) is 5.32 Å². The molecule has 136 valence electrons. The van der Waals surface area contributed by atoms with Gasteiger partial charge in [0.2, 0.25) is 0 Å². The maximum Gasteiger partial charge on any atom is 0.335 e. The highest BCUT2D eigenvalue weighted by Gasteiger charge is 2.14. The van der Waals surface area contributed by atoms with Gasteiger partial charge < -0.3 is 15.2 Å². The maximum atomic E-state index is 12.1. The van der Waals surface area contributed by atoms with Crippen molar-refractivity contribution in [2.24, 2.45) is 0 Å². The van der Waals surface area contributed by atoms with Gasteiger partial charge in [0.25, 0.3) is 5.91 Å². The summed E-state index contributed by atoms with van der Waals surface area (Å²) in [5.74, 6) is -0.885. The third-order valence-corrected chi connectivity index (χ3v) is 3.81. The second kappa shape index (κ2) is 8.80. The van der Waals surface area contributed by atoms with E-state index in [0.29, 0.717) is 24.3 Å². The molecule has 0 fully saturated rings. The van der Waals surface area contributed by atoms with Crippen molar-refractivity contribution < 1.29 is 24.2 Å². The van der Waals surface area contributed by atoms with Crippen LogP contribution in [0.25, 0.3) is 0 Å². The van der Waals surface area contributed by atoms with E-state index in [2.05, 4.69) is 5.32 Å². The number of rotatable bonds is 8. The Labute approximate surface area is 151 Å². The van der Waals surface area contributed by atoms with Gasteiger partial charge in [0.1, 0.15) is 5.75 Å². The van der Waals surface area contributed by atoms with Crippen molar-refractivity contribution in [1.29, 1.82) is 0 Å². The van der Waals surface area contributed by atoms with Crippen LogP contribution in [-0.2, 0) is 11.2 Å². The Kier molecular flexibility index (Phi) is 6.49. The lowest BCUT2D eigenvalue weighted by molar-refractivity contribution is -0.127. The molecule has 0 spiro atoms. The first-order chi connectivity index (χ1) is 12.4. The molecular formula is C20H21NO5. The molecule has 1 amide bonds. The largest absolute Gasteiger partial charge is 0.481 e. The number of ether oxygens (including phenoxy) is 1. The minimum atomic E-state index is -0.981. The molecular weight excluding hydrogens is 334 g/mol. The Hall–Kier alpha value is -3.15. The van der Waals surface area contributed by atoms with Gasteiger partial charge in [-0.2, -0.15) is 0 Å². The predicted molar refractivity (Wildman–Crippen MR) is 96.7 cm³/mol. The average molecular weight is 355 g/mol. The number of ketones is 1. The summed E-state index contributed by atoms with van der Waals surface area (Å²) in [6, 6.07) is 13.3. The van der Waals surface area contributed by atoms with Crippen LogP contribution >= 0.6 is 0 Å². The number of carboxylic acid groups (broad SMARTS) is 1. The first-order valence-corrected chi connectivity index (χ1v) is 8.24. The number of carbonyl (C=O) groups is 3. The first kappa shape index (κ1) is 19.2. The summed E-state index contributed by atoms with van der Waals surface area (Å²) in [6.45, 7) is 3.46. The molecule has 1 atom stereocenters. The molecule has 0 saturated carbocycles. The molecule has 2 aromatic carbocycles. The molecule has 0 bridgehead atoms. The maximum absolute atomic E-state index is 12.1. The van der Waals surface area contributed by atoms with Crippen molar-refractivity contribution in [2.75, 3.05) is 6.54 Å². The molecule has 1 unspecified atom stereocenters. The van der Waals surface area contributed by atoms with Gasteiger partial charge in [0.05, 0.1) is 5.56 Å². The van der Waals surface area contributed by atoms with Crippen molar-refractivity contribution in [2.45, 2.75) is 26.4 Å². The number of carboxylic acids is 1. The number of hydrogen-bond donors (Lipinski definition) is 2. The number of amides is 1. The molecule has 0 aliphatic carbocycles. The van der Waals surface area contributed by atoms with Gasteiger partial charge in [0, 0.05) is 12.1 Å². The Morgan fingerprint density at radius 2 is 1.77 bits per heavy atom. The fraction of sp³-hybridized carbons (Fsp3) is 0.250. The lowest BCUT2D eigenvalue weighted by Gasteiger charge is -2.15. The van der Waals surface area contributed by atoms with Gasteiger partial charge in [-0.15, -0.1) is 0 Å². The molecule has 0 aliphatic heterocycles. The van der Waals surface area contributed by atoms with E-state index in [1.165, 1.54) is 13.0 Å². The van der Waals surface area contributed by atoms with Gasteiger partial charge in [0.15, 0.2) is 11.9 Å². The molecule has 2 rings (SSSR count). The van der Waals surface area contributed by atoms with E-state index in [9.17, 15) is 14.4 Å². The zero-order valence-electron chi connectivity index (χ0n) is 14.7. The average Bonchev–Trinajstić information content (AvgIpc) is 2.62. The lowest BCUT2D eigenvalue weighted by atomic mass is 10.1. The number of benzene rings is 2. The molecule has 6 nitrogen and oxygen atoms in total. The highest BCUT2D eigenvalue weighted by Crippen LogP contribution is 2.15. The molecule has 2 aromatic rings. The van der Waals surface area contributed by atoms with Gasteiger partial charge in [-0.25, -0.2) is 4.79 Å². The van der Waals surface area contributed by atoms with Crippen LogP contribution in [0.1, 0.15) is 40.1 Å². The summed E-state index contributed by atoms with van der Waals surface area (Å²) in [5.41, 5.74) is 1.57. The lowest BCUT2D eigenvalue weighted by Crippen LogP contribution is -2.37. The van der Waals surface area contributed by atoms with Gasteiger partial charge in [-0.05, 0) is 50.1 Å². The Morgan fingerprint density at radius 1 is 1.08 bits per heavy atom.